The van der Waals surface area contributed by atoms with Gasteiger partial charge in [-0.1, -0.05) is 231 Å². The minimum absolute atomic E-state index is 0.568. The maximum absolute atomic E-state index is 5.12. The Morgan fingerprint density at radius 1 is 0.221 bits per heavy atom. The Labute approximate surface area is 597 Å². The average molecular weight is 1330 g/mol. The first-order chi connectivity index (χ1) is 51.5. The highest BCUT2D eigenvalue weighted by Gasteiger charge is 2.22. The molecular formula is C95H59N9. The number of fused-ring (bicyclic) bond motifs is 12. The van der Waals surface area contributed by atoms with Crippen LogP contribution >= 0.6 is 0 Å². The molecule has 15 aromatic carbocycles. The van der Waals surface area contributed by atoms with E-state index in [2.05, 4.69) is 333 Å². The highest BCUT2D eigenvalue weighted by Crippen LogP contribution is 2.44. The molecule has 21 rings (SSSR count). The van der Waals surface area contributed by atoms with Crippen LogP contribution in [0.4, 0.5) is 0 Å². The van der Waals surface area contributed by atoms with Crippen LogP contribution in [0.15, 0.2) is 358 Å². The zero-order chi connectivity index (χ0) is 68.6. The fourth-order valence-corrected chi connectivity index (χ4v) is 15.3. The second kappa shape index (κ2) is 24.9. The molecule has 0 saturated heterocycles. The first-order valence-electron chi connectivity index (χ1n) is 35.0. The topological polar surface area (TPSA) is 100 Å². The van der Waals surface area contributed by atoms with Gasteiger partial charge in [-0.25, -0.2) is 29.9 Å². The van der Waals surface area contributed by atoms with Crippen LogP contribution < -0.4 is 0 Å². The molecular weight excluding hydrogens is 1270 g/mol. The molecule has 0 bridgehead atoms. The molecule has 0 aliphatic carbocycles. The van der Waals surface area contributed by atoms with Gasteiger partial charge in [-0.15, -0.1) is 0 Å². The number of aromatic nitrogens is 9. The Hall–Kier alpha value is -14.2. The Bertz CT molecular complexity index is 6950. The van der Waals surface area contributed by atoms with Crippen LogP contribution in [0.1, 0.15) is 0 Å². The number of benzene rings is 15. The van der Waals surface area contributed by atoms with Crippen molar-refractivity contribution < 1.29 is 0 Å². The monoisotopic (exact) mass is 1330 g/mol. The molecule has 21 aromatic rings. The SMILES string of the molecule is c1ccc(-c2ccc(-c3cccc4c3c3cc5ccccc5cc3n4-c3ccc(-c4nc(-c5ccc6ccccc6c5)c5nccnc5n4)cc3)cc2)cc1.c1ccc(-c2nc(-c3ccc(-n4c5cc6ccccc6cc5c5c(-c6ccc7ccccc7c6)cccc54)cc3)nc3cccnc23)cc1. The molecule has 9 heteroatoms. The van der Waals surface area contributed by atoms with Crippen molar-refractivity contribution in [1.29, 1.82) is 0 Å². The smallest absolute Gasteiger partial charge is 0.182 e. The van der Waals surface area contributed by atoms with E-state index in [4.69, 9.17) is 19.9 Å². The molecule has 0 amide bonds. The lowest BCUT2D eigenvalue weighted by Gasteiger charge is -2.11. The minimum atomic E-state index is 0.568. The minimum Gasteiger partial charge on any atom is -0.309 e. The van der Waals surface area contributed by atoms with E-state index in [-0.39, 0.29) is 0 Å². The lowest BCUT2D eigenvalue weighted by Crippen LogP contribution is -1.99. The van der Waals surface area contributed by atoms with E-state index in [1.54, 1.807) is 18.6 Å². The Morgan fingerprint density at radius 3 is 1.20 bits per heavy atom. The molecule has 0 fully saturated rings. The lowest BCUT2D eigenvalue weighted by atomic mass is 9.96. The molecule has 104 heavy (non-hydrogen) atoms. The number of rotatable bonds is 9. The molecule has 9 nitrogen and oxygen atoms in total. The standard InChI is InChI=1S/C50H31N5.C45H28N4/c1-2-9-32(10-3-1)34-17-20-35(21-18-34)42-15-8-16-44-46(42)43-30-38-13-6-7-14-39(38)31-45(43)55(44)41-25-23-36(24-26-41)49-53-47(48-50(54-49)52-28-27-51-48)40-22-19-33-11-4-5-12-37(33)29-40;1-2-11-30(12-3-1)43-44-39(17-9-25-46-44)47-45(48-43)31-21-23-36(24-22-31)49-40-18-8-16-37(35-20-19-29-10-4-5-13-32(29)26-35)42(40)38-27-33-14-6-7-15-34(33)28-41(38)49/h1-31H;1-28H. The predicted molar refractivity (Wildman–Crippen MR) is 429 cm³/mol. The molecule has 0 radical (unpaired) electrons. The van der Waals surface area contributed by atoms with Crippen LogP contribution in [0.25, 0.3) is 199 Å². The summed E-state index contributed by atoms with van der Waals surface area (Å²) in [5, 5.41) is 14.6. The van der Waals surface area contributed by atoms with Gasteiger partial charge in [-0.3, -0.25) is 4.98 Å². The zero-order valence-corrected chi connectivity index (χ0v) is 56.1. The molecule has 484 valence electrons. The van der Waals surface area contributed by atoms with Gasteiger partial charge in [0.15, 0.2) is 17.3 Å². The molecule has 0 aliphatic rings. The summed E-state index contributed by atoms with van der Waals surface area (Å²) >= 11 is 0. The largest absolute Gasteiger partial charge is 0.309 e. The Kier molecular flexibility index (Phi) is 14.4. The molecule has 0 saturated carbocycles. The summed E-state index contributed by atoms with van der Waals surface area (Å²) in [5.74, 6) is 1.29. The van der Waals surface area contributed by atoms with Crippen molar-refractivity contribution in [3.63, 3.8) is 0 Å². The number of hydrogen-bond acceptors (Lipinski definition) is 7. The van der Waals surface area contributed by atoms with E-state index >= 15 is 0 Å². The first kappa shape index (κ1) is 59.9. The lowest BCUT2D eigenvalue weighted by molar-refractivity contribution is 1.15. The number of hydrogen-bond donors (Lipinski definition) is 0. The van der Waals surface area contributed by atoms with Crippen molar-refractivity contribution in [3.8, 4) is 90.0 Å². The first-order valence-corrected chi connectivity index (χ1v) is 35.0. The van der Waals surface area contributed by atoms with E-state index < -0.39 is 0 Å². The average Bonchev–Trinajstić information content (AvgIpc) is 1.58. The van der Waals surface area contributed by atoms with Crippen LogP contribution in [-0.4, -0.2) is 44.0 Å². The second-order valence-corrected chi connectivity index (χ2v) is 26.4. The van der Waals surface area contributed by atoms with Gasteiger partial charge in [-0.2, -0.15) is 0 Å². The van der Waals surface area contributed by atoms with Crippen LogP contribution in [0.5, 0.6) is 0 Å². The van der Waals surface area contributed by atoms with E-state index in [9.17, 15) is 0 Å². The molecule has 0 unspecified atom stereocenters. The van der Waals surface area contributed by atoms with Gasteiger partial charge in [0.25, 0.3) is 0 Å². The third kappa shape index (κ3) is 10.4. The van der Waals surface area contributed by atoms with E-state index in [0.29, 0.717) is 22.8 Å². The molecule has 0 atom stereocenters. The van der Waals surface area contributed by atoms with Crippen molar-refractivity contribution >= 4 is 109 Å². The maximum Gasteiger partial charge on any atom is 0.182 e. The van der Waals surface area contributed by atoms with Gasteiger partial charge in [0, 0.05) is 73.8 Å². The van der Waals surface area contributed by atoms with Crippen LogP contribution in [0, 0.1) is 0 Å². The quantitative estimate of drug-likeness (QED) is 0.142. The van der Waals surface area contributed by atoms with Crippen molar-refractivity contribution in [2.24, 2.45) is 0 Å². The summed E-state index contributed by atoms with van der Waals surface area (Å²) in [6.45, 7) is 0. The third-order valence-electron chi connectivity index (χ3n) is 20.3. The van der Waals surface area contributed by atoms with Gasteiger partial charge in [0.05, 0.1) is 27.6 Å². The molecule has 0 N–H and O–H groups in total. The summed E-state index contributed by atoms with van der Waals surface area (Å²) in [7, 11) is 0. The van der Waals surface area contributed by atoms with Gasteiger partial charge in [-0.05, 0) is 186 Å². The third-order valence-corrected chi connectivity index (χ3v) is 20.3. The van der Waals surface area contributed by atoms with E-state index in [1.165, 1.54) is 104 Å². The summed E-state index contributed by atoms with van der Waals surface area (Å²) in [5.41, 5.74) is 22.4. The van der Waals surface area contributed by atoms with Crippen LogP contribution in [0.3, 0.4) is 0 Å². The van der Waals surface area contributed by atoms with Crippen molar-refractivity contribution in [1.82, 2.24) is 44.0 Å². The summed E-state index contributed by atoms with van der Waals surface area (Å²) in [6, 6.07) is 121. The summed E-state index contributed by atoms with van der Waals surface area (Å²) < 4.78 is 4.78. The number of pyridine rings is 1. The van der Waals surface area contributed by atoms with Crippen molar-refractivity contribution in [2.75, 3.05) is 0 Å². The van der Waals surface area contributed by atoms with Crippen LogP contribution in [-0.2, 0) is 0 Å². The highest BCUT2D eigenvalue weighted by molar-refractivity contribution is 6.20. The van der Waals surface area contributed by atoms with Crippen molar-refractivity contribution in [3.05, 3.63) is 358 Å². The maximum atomic E-state index is 5.12. The highest BCUT2D eigenvalue weighted by atomic mass is 15.0. The van der Waals surface area contributed by atoms with Crippen molar-refractivity contribution in [2.45, 2.75) is 0 Å². The van der Waals surface area contributed by atoms with Gasteiger partial charge in [0.1, 0.15) is 22.4 Å². The zero-order valence-electron chi connectivity index (χ0n) is 56.1. The van der Waals surface area contributed by atoms with E-state index in [0.717, 1.165) is 72.5 Å². The fraction of sp³-hybridized carbons (Fsp3) is 0. The van der Waals surface area contributed by atoms with Crippen LogP contribution in [0.2, 0.25) is 0 Å². The fourth-order valence-electron chi connectivity index (χ4n) is 15.3. The summed E-state index contributed by atoms with van der Waals surface area (Å²) in [4.78, 5) is 33.9. The number of nitrogens with zero attached hydrogens (tertiary/aromatic N) is 9. The van der Waals surface area contributed by atoms with Gasteiger partial charge in [0.2, 0.25) is 0 Å². The Morgan fingerprint density at radius 2 is 0.635 bits per heavy atom. The normalized spacial score (nSPS) is 11.7. The second-order valence-electron chi connectivity index (χ2n) is 26.4. The van der Waals surface area contributed by atoms with E-state index in [1.807, 2.05) is 30.3 Å². The molecule has 0 aliphatic heterocycles. The molecule has 0 spiro atoms. The summed E-state index contributed by atoms with van der Waals surface area (Å²) in [6.07, 6.45) is 5.18. The van der Waals surface area contributed by atoms with Gasteiger partial charge >= 0.3 is 0 Å². The Balaban J connectivity index is 0.000000139. The molecule has 6 aromatic heterocycles. The van der Waals surface area contributed by atoms with Gasteiger partial charge < -0.3 is 9.13 Å². The molecule has 6 heterocycles. The predicted octanol–water partition coefficient (Wildman–Crippen LogP) is 23.9.